The first-order valence-corrected chi connectivity index (χ1v) is 12.1. The summed E-state index contributed by atoms with van der Waals surface area (Å²) in [5.74, 6) is 2.10. The number of carboxylic acid groups (broad SMARTS) is 1. The van der Waals surface area contributed by atoms with Crippen molar-refractivity contribution in [2.24, 2.45) is 46.3 Å². The quantitative estimate of drug-likeness (QED) is 0.570. The van der Waals surface area contributed by atoms with E-state index in [2.05, 4.69) is 34.6 Å². The fraction of sp³-hybridized carbons (Fsp3) is 0.960. The lowest BCUT2D eigenvalue weighted by Gasteiger charge is -2.64. The first-order valence-electron chi connectivity index (χ1n) is 12.1. The number of aliphatic hydroxyl groups excluding tert-OH is 2. The third-order valence-electron chi connectivity index (χ3n) is 10.3. The zero-order valence-corrected chi connectivity index (χ0v) is 19.2. The topological polar surface area (TPSA) is 77.8 Å². The minimum Gasteiger partial charge on any atom is -0.481 e. The van der Waals surface area contributed by atoms with Gasteiger partial charge in [-0.3, -0.25) is 4.79 Å². The summed E-state index contributed by atoms with van der Waals surface area (Å²) < 4.78 is 0. The number of carbonyl (C=O) groups is 1. The molecule has 0 amide bonds. The third-order valence-corrected chi connectivity index (χ3v) is 10.3. The van der Waals surface area contributed by atoms with E-state index < -0.39 is 5.97 Å². The zero-order valence-electron chi connectivity index (χ0n) is 19.2. The average molecular weight is 409 g/mol. The van der Waals surface area contributed by atoms with Crippen LogP contribution in [0, 0.1) is 46.3 Å². The fourth-order valence-corrected chi connectivity index (χ4v) is 8.14. The predicted molar refractivity (Wildman–Crippen MR) is 115 cm³/mol. The van der Waals surface area contributed by atoms with Crippen LogP contribution < -0.4 is 0 Å². The first kappa shape index (κ1) is 23.1. The maximum absolute atomic E-state index is 11.6. The smallest absolute Gasteiger partial charge is 0.303 e. The molecule has 29 heavy (non-hydrogen) atoms. The molecule has 4 heteroatoms. The molecule has 168 valence electrons. The minimum atomic E-state index is -0.726. The molecule has 0 bridgehead atoms. The van der Waals surface area contributed by atoms with Gasteiger partial charge in [-0.1, -0.05) is 41.0 Å². The molecule has 0 saturated heterocycles. The summed E-state index contributed by atoms with van der Waals surface area (Å²) in [6, 6.07) is 0. The number of carboxylic acids is 1. The van der Waals surface area contributed by atoms with Gasteiger partial charge in [0.05, 0.1) is 12.2 Å². The molecule has 0 aromatic carbocycles. The normalized spacial score (nSPS) is 47.0. The molecule has 0 spiro atoms. The van der Waals surface area contributed by atoms with E-state index in [1.54, 1.807) is 0 Å². The lowest BCUT2D eigenvalue weighted by Crippen LogP contribution is -2.60. The SMILES string of the molecule is CCC1C2CC[C@@H]3C[C@H](O)CC[C@]3(C)C2C[C@H](O)[C@]1(C)C(C)[C@H](C)CCC(=O)O. The second-order valence-corrected chi connectivity index (χ2v) is 11.3. The lowest BCUT2D eigenvalue weighted by molar-refractivity contribution is -0.191. The second kappa shape index (κ2) is 8.49. The molecule has 4 nitrogen and oxygen atoms in total. The van der Waals surface area contributed by atoms with E-state index in [0.29, 0.717) is 36.0 Å². The van der Waals surface area contributed by atoms with Gasteiger partial charge in [-0.15, -0.1) is 0 Å². The van der Waals surface area contributed by atoms with Crippen LogP contribution >= 0.6 is 0 Å². The first-order chi connectivity index (χ1) is 13.6. The van der Waals surface area contributed by atoms with E-state index >= 15 is 0 Å². The number of aliphatic carboxylic acids is 1. The predicted octanol–water partition coefficient (Wildman–Crippen LogP) is 5.11. The van der Waals surface area contributed by atoms with Crippen LogP contribution in [0.25, 0.3) is 0 Å². The summed E-state index contributed by atoms with van der Waals surface area (Å²) in [6.45, 7) is 11.4. The van der Waals surface area contributed by atoms with Crippen LogP contribution in [0.1, 0.15) is 92.4 Å². The Hall–Kier alpha value is -0.610. The van der Waals surface area contributed by atoms with Gasteiger partial charge in [-0.2, -0.15) is 0 Å². The molecule has 3 saturated carbocycles. The van der Waals surface area contributed by atoms with Crippen LogP contribution in [0.4, 0.5) is 0 Å². The summed E-state index contributed by atoms with van der Waals surface area (Å²) in [7, 11) is 0. The molecular formula is C25H44O4. The molecule has 3 N–H and O–H groups in total. The Morgan fingerprint density at radius 3 is 2.41 bits per heavy atom. The highest BCUT2D eigenvalue weighted by Crippen LogP contribution is 2.65. The third kappa shape index (κ3) is 3.89. The zero-order chi connectivity index (χ0) is 21.6. The summed E-state index contributed by atoms with van der Waals surface area (Å²) in [6.07, 6.45) is 7.72. The molecule has 3 aliphatic rings. The maximum Gasteiger partial charge on any atom is 0.303 e. The van der Waals surface area contributed by atoms with Crippen molar-refractivity contribution in [1.82, 2.24) is 0 Å². The Bertz CT molecular complexity index is 591. The molecule has 10 atom stereocenters. The Morgan fingerprint density at radius 1 is 1.10 bits per heavy atom. The Morgan fingerprint density at radius 2 is 1.79 bits per heavy atom. The number of fused-ring (bicyclic) bond motifs is 3. The van der Waals surface area contributed by atoms with Crippen molar-refractivity contribution < 1.29 is 20.1 Å². The van der Waals surface area contributed by atoms with Crippen molar-refractivity contribution in [3.05, 3.63) is 0 Å². The maximum atomic E-state index is 11.6. The summed E-state index contributed by atoms with van der Waals surface area (Å²) in [5.41, 5.74) is 0.0846. The van der Waals surface area contributed by atoms with Crippen LogP contribution in [0.3, 0.4) is 0 Å². The largest absolute Gasteiger partial charge is 0.481 e. The average Bonchev–Trinajstić information content (AvgIpc) is 2.67. The fourth-order valence-electron chi connectivity index (χ4n) is 8.14. The van der Waals surface area contributed by atoms with Crippen LogP contribution in [0.5, 0.6) is 0 Å². The lowest BCUT2D eigenvalue weighted by atomic mass is 9.42. The van der Waals surface area contributed by atoms with E-state index in [0.717, 1.165) is 32.1 Å². The Kier molecular flexibility index (Phi) is 6.75. The molecule has 3 rings (SSSR count). The standard InChI is InChI=1S/C25H44O4/c1-6-20-19-9-8-17-13-18(26)11-12-24(17,4)21(19)14-22(27)25(20,5)16(3)15(2)7-10-23(28)29/h15-22,26-27H,6-14H2,1-5H3,(H,28,29)/t15-,16?,17-,18-,19?,20?,21?,22+,24+,25-/m1/s1. The summed E-state index contributed by atoms with van der Waals surface area (Å²) in [4.78, 5) is 11.1. The number of rotatable bonds is 6. The van der Waals surface area contributed by atoms with E-state index in [1.165, 1.54) is 12.8 Å². The van der Waals surface area contributed by atoms with Gasteiger partial charge in [0.1, 0.15) is 0 Å². The van der Waals surface area contributed by atoms with E-state index in [4.69, 9.17) is 5.11 Å². The Balaban J connectivity index is 1.85. The Labute approximate surface area is 177 Å². The molecule has 0 aromatic rings. The van der Waals surface area contributed by atoms with Gasteiger partial charge in [0.2, 0.25) is 0 Å². The van der Waals surface area contributed by atoms with E-state index in [9.17, 15) is 15.0 Å². The van der Waals surface area contributed by atoms with Gasteiger partial charge < -0.3 is 15.3 Å². The molecule has 0 aromatic heterocycles. The van der Waals surface area contributed by atoms with Crippen LogP contribution in [-0.4, -0.2) is 33.5 Å². The summed E-state index contributed by atoms with van der Waals surface area (Å²) in [5, 5.41) is 30.9. The van der Waals surface area contributed by atoms with Gasteiger partial charge in [0.15, 0.2) is 0 Å². The molecule has 0 heterocycles. The highest BCUT2D eigenvalue weighted by molar-refractivity contribution is 5.66. The van der Waals surface area contributed by atoms with Crippen LogP contribution in [0.2, 0.25) is 0 Å². The van der Waals surface area contributed by atoms with Gasteiger partial charge in [0, 0.05) is 6.42 Å². The van der Waals surface area contributed by atoms with Gasteiger partial charge >= 0.3 is 5.97 Å². The molecular weight excluding hydrogens is 364 g/mol. The molecule has 0 radical (unpaired) electrons. The van der Waals surface area contributed by atoms with Crippen molar-refractivity contribution in [2.75, 3.05) is 0 Å². The number of hydrogen-bond donors (Lipinski definition) is 3. The summed E-state index contributed by atoms with van der Waals surface area (Å²) >= 11 is 0. The van der Waals surface area contributed by atoms with Crippen LogP contribution in [-0.2, 0) is 4.79 Å². The second-order valence-electron chi connectivity index (χ2n) is 11.3. The van der Waals surface area contributed by atoms with Crippen molar-refractivity contribution in [2.45, 2.75) is 105 Å². The van der Waals surface area contributed by atoms with E-state index in [1.807, 2.05) is 0 Å². The monoisotopic (exact) mass is 408 g/mol. The van der Waals surface area contributed by atoms with E-state index in [-0.39, 0.29) is 35.4 Å². The van der Waals surface area contributed by atoms with Gasteiger partial charge in [-0.05, 0) is 91.3 Å². The molecule has 3 aliphatic carbocycles. The van der Waals surface area contributed by atoms with Crippen LogP contribution in [0.15, 0.2) is 0 Å². The van der Waals surface area contributed by atoms with Crippen molar-refractivity contribution in [3.8, 4) is 0 Å². The highest BCUT2D eigenvalue weighted by Gasteiger charge is 2.60. The number of hydrogen-bond acceptors (Lipinski definition) is 3. The van der Waals surface area contributed by atoms with Crippen molar-refractivity contribution >= 4 is 5.97 Å². The molecule has 3 fully saturated rings. The highest BCUT2D eigenvalue weighted by atomic mass is 16.4. The van der Waals surface area contributed by atoms with Crippen molar-refractivity contribution in [1.29, 1.82) is 0 Å². The van der Waals surface area contributed by atoms with Gasteiger partial charge in [-0.25, -0.2) is 0 Å². The van der Waals surface area contributed by atoms with Crippen molar-refractivity contribution in [3.63, 3.8) is 0 Å². The molecule has 4 unspecified atom stereocenters. The van der Waals surface area contributed by atoms with Gasteiger partial charge in [0.25, 0.3) is 0 Å². The minimum absolute atomic E-state index is 0.138. The molecule has 0 aliphatic heterocycles. The number of aliphatic hydroxyl groups is 2.